The van der Waals surface area contributed by atoms with Crippen LogP contribution in [0.5, 0.6) is 5.75 Å². The van der Waals surface area contributed by atoms with Crippen LogP contribution < -0.4 is 4.74 Å². The van der Waals surface area contributed by atoms with Crippen molar-refractivity contribution in [1.82, 2.24) is 20.2 Å². The number of carbonyl (C=O) groups is 1. The van der Waals surface area contributed by atoms with Gasteiger partial charge in [0.25, 0.3) is 0 Å². The summed E-state index contributed by atoms with van der Waals surface area (Å²) in [6.45, 7) is 3.78. The molecule has 7 heteroatoms. The Kier molecular flexibility index (Phi) is 3.74. The van der Waals surface area contributed by atoms with Gasteiger partial charge in [-0.2, -0.15) is 4.80 Å². The van der Waals surface area contributed by atoms with E-state index in [1.807, 2.05) is 32.0 Å². The summed E-state index contributed by atoms with van der Waals surface area (Å²) in [7, 11) is 0. The molecule has 1 N–H and O–H groups in total. The predicted molar refractivity (Wildman–Crippen MR) is 65.7 cm³/mol. The number of aliphatic carboxylic acids is 1. The lowest BCUT2D eigenvalue weighted by Gasteiger charge is -2.07. The van der Waals surface area contributed by atoms with Crippen molar-refractivity contribution >= 4 is 5.97 Å². The Hall–Kier alpha value is -2.44. The molecule has 0 bridgehead atoms. The summed E-state index contributed by atoms with van der Waals surface area (Å²) in [5.41, 5.74) is 2.12. The molecule has 0 aliphatic carbocycles. The van der Waals surface area contributed by atoms with Crippen LogP contribution in [0.1, 0.15) is 17.0 Å². The topological polar surface area (TPSA) is 90.1 Å². The van der Waals surface area contributed by atoms with E-state index in [0.717, 1.165) is 21.7 Å². The van der Waals surface area contributed by atoms with Crippen LogP contribution in [0.2, 0.25) is 0 Å². The minimum atomic E-state index is -1.01. The van der Waals surface area contributed by atoms with Gasteiger partial charge in [0.05, 0.1) is 0 Å². The first-order valence-electron chi connectivity index (χ1n) is 5.73. The molecule has 1 aromatic carbocycles. The Morgan fingerprint density at radius 3 is 2.95 bits per heavy atom. The second-order valence-electron chi connectivity index (χ2n) is 4.19. The van der Waals surface area contributed by atoms with Crippen LogP contribution in [0.3, 0.4) is 0 Å². The number of hydrogen-bond donors (Lipinski definition) is 1. The molecule has 1 heterocycles. The standard InChI is InChI=1S/C12H14N4O3/c1-8-3-4-9(2)10(5-8)19-7-11-13-15-16(14-11)6-12(17)18/h3-5H,6-7H2,1-2H3,(H,17,18). The average molecular weight is 262 g/mol. The summed E-state index contributed by atoms with van der Waals surface area (Å²) >= 11 is 0. The maximum Gasteiger partial charge on any atom is 0.327 e. The quantitative estimate of drug-likeness (QED) is 0.862. The molecule has 0 atom stereocenters. The number of benzene rings is 1. The van der Waals surface area contributed by atoms with Gasteiger partial charge in [-0.1, -0.05) is 12.1 Å². The second-order valence-corrected chi connectivity index (χ2v) is 4.19. The Morgan fingerprint density at radius 1 is 1.42 bits per heavy atom. The number of aromatic nitrogens is 4. The minimum Gasteiger partial charge on any atom is -0.485 e. The van der Waals surface area contributed by atoms with Crippen LogP contribution in [0.4, 0.5) is 0 Å². The Morgan fingerprint density at radius 2 is 2.21 bits per heavy atom. The zero-order chi connectivity index (χ0) is 13.8. The van der Waals surface area contributed by atoms with E-state index in [4.69, 9.17) is 9.84 Å². The molecular weight excluding hydrogens is 248 g/mol. The monoisotopic (exact) mass is 262 g/mol. The molecular formula is C12H14N4O3. The summed E-state index contributed by atoms with van der Waals surface area (Å²) in [6.07, 6.45) is 0. The number of tetrazole rings is 1. The summed E-state index contributed by atoms with van der Waals surface area (Å²) in [5.74, 6) is 0.0936. The molecule has 19 heavy (non-hydrogen) atoms. The first-order valence-corrected chi connectivity index (χ1v) is 5.73. The van der Waals surface area contributed by atoms with Gasteiger partial charge in [-0.05, 0) is 36.3 Å². The van der Waals surface area contributed by atoms with E-state index >= 15 is 0 Å². The summed E-state index contributed by atoms with van der Waals surface area (Å²) < 4.78 is 5.60. The fourth-order valence-electron chi connectivity index (χ4n) is 1.53. The number of carboxylic acids is 1. The van der Waals surface area contributed by atoms with Gasteiger partial charge in [0.1, 0.15) is 5.75 Å². The van der Waals surface area contributed by atoms with Crippen LogP contribution in [-0.2, 0) is 17.9 Å². The second kappa shape index (κ2) is 5.47. The Balaban J connectivity index is 2.00. The fraction of sp³-hybridized carbons (Fsp3) is 0.333. The van der Waals surface area contributed by atoms with Gasteiger partial charge in [-0.25, -0.2) is 0 Å². The number of rotatable bonds is 5. The van der Waals surface area contributed by atoms with Gasteiger partial charge in [-0.3, -0.25) is 4.79 Å². The summed E-state index contributed by atoms with van der Waals surface area (Å²) in [6, 6.07) is 5.90. The predicted octanol–water partition coefficient (Wildman–Crippen LogP) is 0.954. The van der Waals surface area contributed by atoms with Crippen molar-refractivity contribution in [2.45, 2.75) is 27.0 Å². The van der Waals surface area contributed by atoms with Crippen molar-refractivity contribution in [3.63, 3.8) is 0 Å². The highest BCUT2D eigenvalue weighted by Crippen LogP contribution is 2.19. The molecule has 0 unspecified atom stereocenters. The third-order valence-electron chi connectivity index (χ3n) is 2.47. The lowest BCUT2D eigenvalue weighted by molar-refractivity contribution is -0.138. The molecule has 1 aromatic heterocycles. The molecule has 0 saturated heterocycles. The van der Waals surface area contributed by atoms with Crippen LogP contribution in [0, 0.1) is 13.8 Å². The van der Waals surface area contributed by atoms with Crippen LogP contribution in [-0.4, -0.2) is 31.3 Å². The van der Waals surface area contributed by atoms with Gasteiger partial charge >= 0.3 is 5.97 Å². The SMILES string of the molecule is Cc1ccc(C)c(OCc2nnn(CC(=O)O)n2)c1. The number of nitrogens with zero attached hydrogens (tertiary/aromatic N) is 4. The van der Waals surface area contributed by atoms with Crippen LogP contribution >= 0.6 is 0 Å². The van der Waals surface area contributed by atoms with Crippen molar-refractivity contribution in [2.24, 2.45) is 0 Å². The molecule has 100 valence electrons. The largest absolute Gasteiger partial charge is 0.485 e. The summed E-state index contributed by atoms with van der Waals surface area (Å²) in [4.78, 5) is 11.5. The third-order valence-corrected chi connectivity index (χ3v) is 2.47. The van der Waals surface area contributed by atoms with E-state index < -0.39 is 5.97 Å². The van der Waals surface area contributed by atoms with Crippen molar-refractivity contribution in [3.05, 3.63) is 35.2 Å². The van der Waals surface area contributed by atoms with Crippen molar-refractivity contribution in [3.8, 4) is 5.75 Å². The van der Waals surface area contributed by atoms with E-state index in [9.17, 15) is 4.79 Å². The van der Waals surface area contributed by atoms with Crippen molar-refractivity contribution in [2.75, 3.05) is 0 Å². The maximum atomic E-state index is 10.5. The molecule has 0 amide bonds. The maximum absolute atomic E-state index is 10.5. The van der Waals surface area contributed by atoms with Gasteiger partial charge in [0, 0.05) is 0 Å². The lowest BCUT2D eigenvalue weighted by Crippen LogP contribution is -2.12. The lowest BCUT2D eigenvalue weighted by atomic mass is 10.1. The summed E-state index contributed by atoms with van der Waals surface area (Å²) in [5, 5.41) is 19.9. The zero-order valence-corrected chi connectivity index (χ0v) is 10.7. The smallest absolute Gasteiger partial charge is 0.327 e. The third kappa shape index (κ3) is 3.51. The molecule has 7 nitrogen and oxygen atoms in total. The highest BCUT2D eigenvalue weighted by atomic mass is 16.5. The number of hydrogen-bond acceptors (Lipinski definition) is 5. The van der Waals surface area contributed by atoms with E-state index in [1.165, 1.54) is 0 Å². The molecule has 0 fully saturated rings. The molecule has 0 saturated carbocycles. The van der Waals surface area contributed by atoms with E-state index in [0.29, 0.717) is 5.82 Å². The Labute approximate surface area is 109 Å². The number of carboxylic acid groups (broad SMARTS) is 1. The highest BCUT2D eigenvalue weighted by molar-refractivity contribution is 5.66. The molecule has 2 aromatic rings. The zero-order valence-electron chi connectivity index (χ0n) is 10.7. The minimum absolute atomic E-state index is 0.157. The fourth-order valence-corrected chi connectivity index (χ4v) is 1.53. The normalized spacial score (nSPS) is 10.4. The van der Waals surface area contributed by atoms with Gasteiger partial charge in [0.15, 0.2) is 13.2 Å². The van der Waals surface area contributed by atoms with Crippen LogP contribution in [0.15, 0.2) is 18.2 Å². The van der Waals surface area contributed by atoms with E-state index in [1.54, 1.807) is 0 Å². The Bertz CT molecular complexity index is 594. The number of ether oxygens (including phenoxy) is 1. The first-order chi connectivity index (χ1) is 9.04. The van der Waals surface area contributed by atoms with Gasteiger partial charge in [0.2, 0.25) is 5.82 Å². The highest BCUT2D eigenvalue weighted by Gasteiger charge is 2.07. The van der Waals surface area contributed by atoms with Crippen molar-refractivity contribution in [1.29, 1.82) is 0 Å². The van der Waals surface area contributed by atoms with E-state index in [2.05, 4.69) is 15.4 Å². The molecule has 2 rings (SSSR count). The van der Waals surface area contributed by atoms with Gasteiger partial charge in [-0.15, -0.1) is 10.2 Å². The molecule has 0 spiro atoms. The molecule has 0 aliphatic rings. The number of aryl methyl sites for hydroxylation is 2. The molecule has 0 aliphatic heterocycles. The molecule has 0 radical (unpaired) electrons. The van der Waals surface area contributed by atoms with Crippen molar-refractivity contribution < 1.29 is 14.6 Å². The van der Waals surface area contributed by atoms with Gasteiger partial charge < -0.3 is 9.84 Å². The average Bonchev–Trinajstić information content (AvgIpc) is 2.77. The van der Waals surface area contributed by atoms with E-state index in [-0.39, 0.29) is 13.2 Å². The van der Waals surface area contributed by atoms with Crippen LogP contribution in [0.25, 0.3) is 0 Å². The first kappa shape index (κ1) is 13.0.